The maximum Gasteiger partial charge on any atom is 0.296 e. The topological polar surface area (TPSA) is 43.4 Å². The average molecular weight is 323 g/mol. The minimum atomic E-state index is -3.69. The molecule has 0 saturated heterocycles. The lowest BCUT2D eigenvalue weighted by molar-refractivity contribution is 0.279. The van der Waals surface area contributed by atoms with Crippen molar-refractivity contribution in [3.05, 3.63) is 64.2 Å². The van der Waals surface area contributed by atoms with E-state index in [0.717, 1.165) is 28.1 Å². The summed E-state index contributed by atoms with van der Waals surface area (Å²) in [5.74, 6) is 0.0962. The molecule has 0 aliphatic heterocycles. The first-order chi connectivity index (χ1) is 9.97. The first-order valence-electron chi connectivity index (χ1n) is 6.71. The molecule has 1 unspecified atom stereocenters. The van der Waals surface area contributed by atoms with Crippen LogP contribution in [0.1, 0.15) is 22.6 Å². The average Bonchev–Trinajstić information content (AvgIpc) is 2.41. The van der Waals surface area contributed by atoms with Gasteiger partial charge in [0.15, 0.2) is 0 Å². The molecule has 0 bridgehead atoms. The first-order valence-corrected chi connectivity index (χ1v) is 8.49. The summed E-state index contributed by atoms with van der Waals surface area (Å²) >= 11 is 6.07. The van der Waals surface area contributed by atoms with Crippen molar-refractivity contribution >= 4 is 21.7 Å². The Labute approximate surface area is 129 Å². The van der Waals surface area contributed by atoms with Crippen LogP contribution in [0.2, 0.25) is 5.02 Å². The van der Waals surface area contributed by atoms with E-state index in [2.05, 4.69) is 0 Å². The molecule has 0 spiro atoms. The molecule has 21 heavy (non-hydrogen) atoms. The lowest BCUT2D eigenvalue weighted by Gasteiger charge is -2.30. The Hall–Kier alpha value is -1.36. The van der Waals surface area contributed by atoms with Gasteiger partial charge in [-0.3, -0.25) is 4.18 Å². The van der Waals surface area contributed by atoms with Crippen LogP contribution < -0.4 is 0 Å². The van der Waals surface area contributed by atoms with Crippen molar-refractivity contribution in [1.82, 2.24) is 0 Å². The standard InChI is InChI=1S/C16H15ClO3S/c1-11-5-7-13(8-6-11)21(18,19)20-10-12-9-15-14(12)3-2-4-16(15)17/h2-8,12H,9-10H2,1H3. The molecule has 2 aromatic rings. The molecule has 0 aromatic heterocycles. The zero-order valence-electron chi connectivity index (χ0n) is 11.5. The molecule has 0 N–H and O–H groups in total. The largest absolute Gasteiger partial charge is 0.296 e. The van der Waals surface area contributed by atoms with E-state index >= 15 is 0 Å². The highest BCUT2D eigenvalue weighted by molar-refractivity contribution is 7.86. The second-order valence-corrected chi connectivity index (χ2v) is 7.28. The number of benzene rings is 2. The fourth-order valence-electron chi connectivity index (χ4n) is 2.49. The van der Waals surface area contributed by atoms with Gasteiger partial charge in [0.1, 0.15) is 0 Å². The van der Waals surface area contributed by atoms with Gasteiger partial charge in [-0.25, -0.2) is 0 Å². The van der Waals surface area contributed by atoms with E-state index < -0.39 is 10.1 Å². The summed E-state index contributed by atoms with van der Waals surface area (Å²) in [6, 6.07) is 12.3. The summed E-state index contributed by atoms with van der Waals surface area (Å²) in [6.07, 6.45) is 0.762. The summed E-state index contributed by atoms with van der Waals surface area (Å²) in [7, 11) is -3.69. The highest BCUT2D eigenvalue weighted by Gasteiger charge is 2.30. The number of fused-ring (bicyclic) bond motifs is 1. The van der Waals surface area contributed by atoms with Gasteiger partial charge in [0, 0.05) is 10.9 Å². The van der Waals surface area contributed by atoms with E-state index in [1.54, 1.807) is 24.3 Å². The van der Waals surface area contributed by atoms with Gasteiger partial charge in [0.05, 0.1) is 11.5 Å². The predicted molar refractivity (Wildman–Crippen MR) is 82.2 cm³/mol. The van der Waals surface area contributed by atoms with Crippen molar-refractivity contribution in [1.29, 1.82) is 0 Å². The second kappa shape index (κ2) is 5.44. The molecule has 3 nitrogen and oxygen atoms in total. The van der Waals surface area contributed by atoms with Crippen LogP contribution in [-0.4, -0.2) is 15.0 Å². The van der Waals surface area contributed by atoms with Gasteiger partial charge < -0.3 is 0 Å². The predicted octanol–water partition coefficient (Wildman–Crippen LogP) is 3.69. The second-order valence-electron chi connectivity index (χ2n) is 5.26. The minimum Gasteiger partial charge on any atom is -0.266 e. The summed E-state index contributed by atoms with van der Waals surface area (Å²) < 4.78 is 29.4. The molecule has 0 heterocycles. The maximum atomic E-state index is 12.1. The number of rotatable bonds is 4. The third kappa shape index (κ3) is 2.84. The monoisotopic (exact) mass is 322 g/mol. The van der Waals surface area contributed by atoms with E-state index in [1.165, 1.54) is 0 Å². The van der Waals surface area contributed by atoms with Crippen molar-refractivity contribution in [2.75, 3.05) is 6.61 Å². The molecular weight excluding hydrogens is 308 g/mol. The quantitative estimate of drug-likeness (QED) is 0.806. The SMILES string of the molecule is Cc1ccc(S(=O)(=O)OCC2Cc3c(Cl)cccc32)cc1. The van der Waals surface area contributed by atoms with Gasteiger partial charge in [0.2, 0.25) is 0 Å². The van der Waals surface area contributed by atoms with Crippen molar-refractivity contribution in [2.24, 2.45) is 0 Å². The van der Waals surface area contributed by atoms with Crippen molar-refractivity contribution in [2.45, 2.75) is 24.2 Å². The van der Waals surface area contributed by atoms with Gasteiger partial charge in [-0.2, -0.15) is 8.42 Å². The normalized spacial score (nSPS) is 17.1. The third-order valence-corrected chi connectivity index (χ3v) is 5.43. The van der Waals surface area contributed by atoms with Crippen LogP contribution in [0.15, 0.2) is 47.4 Å². The number of hydrogen-bond donors (Lipinski definition) is 0. The molecule has 1 aliphatic carbocycles. The van der Waals surface area contributed by atoms with Gasteiger partial charge in [-0.05, 0) is 42.7 Å². The number of halogens is 1. The Bertz CT molecular complexity index is 767. The van der Waals surface area contributed by atoms with Crippen LogP contribution in [0.25, 0.3) is 0 Å². The Kier molecular flexibility index (Phi) is 3.78. The first kappa shape index (κ1) is 14.6. The van der Waals surface area contributed by atoms with Gasteiger partial charge in [-0.1, -0.05) is 41.4 Å². The zero-order valence-corrected chi connectivity index (χ0v) is 13.1. The van der Waals surface area contributed by atoms with Crippen molar-refractivity contribution in [3.63, 3.8) is 0 Å². The van der Waals surface area contributed by atoms with E-state index in [-0.39, 0.29) is 17.4 Å². The third-order valence-electron chi connectivity index (χ3n) is 3.78. The molecule has 0 saturated carbocycles. The fraction of sp³-hybridized carbons (Fsp3) is 0.250. The number of hydrogen-bond acceptors (Lipinski definition) is 3. The van der Waals surface area contributed by atoms with Crippen LogP contribution in [0.3, 0.4) is 0 Å². The maximum absolute atomic E-state index is 12.1. The molecule has 0 radical (unpaired) electrons. The van der Waals surface area contributed by atoms with Crippen LogP contribution >= 0.6 is 11.6 Å². The van der Waals surface area contributed by atoms with E-state index in [0.29, 0.717) is 0 Å². The van der Waals surface area contributed by atoms with Gasteiger partial charge >= 0.3 is 0 Å². The van der Waals surface area contributed by atoms with Gasteiger partial charge in [-0.15, -0.1) is 0 Å². The highest BCUT2D eigenvalue weighted by atomic mass is 35.5. The van der Waals surface area contributed by atoms with Crippen molar-refractivity contribution in [3.8, 4) is 0 Å². The Morgan fingerprint density at radius 3 is 2.62 bits per heavy atom. The summed E-state index contributed by atoms with van der Waals surface area (Å²) in [5.41, 5.74) is 3.19. The van der Waals surface area contributed by atoms with Crippen LogP contribution in [-0.2, 0) is 20.7 Å². The van der Waals surface area contributed by atoms with E-state index in [1.807, 2.05) is 25.1 Å². The molecular formula is C16H15ClO3S. The van der Waals surface area contributed by atoms with Gasteiger partial charge in [0.25, 0.3) is 10.1 Å². The lowest BCUT2D eigenvalue weighted by Crippen LogP contribution is -2.24. The van der Waals surface area contributed by atoms with Crippen LogP contribution in [0.4, 0.5) is 0 Å². The molecule has 1 atom stereocenters. The summed E-state index contributed by atoms with van der Waals surface area (Å²) in [5, 5.41) is 0.741. The van der Waals surface area contributed by atoms with Crippen molar-refractivity contribution < 1.29 is 12.6 Å². The Morgan fingerprint density at radius 1 is 1.19 bits per heavy atom. The van der Waals surface area contributed by atoms with E-state index in [4.69, 9.17) is 15.8 Å². The minimum absolute atomic E-state index is 0.0962. The number of aryl methyl sites for hydroxylation is 1. The zero-order chi connectivity index (χ0) is 15.0. The van der Waals surface area contributed by atoms with Crippen LogP contribution in [0, 0.1) is 6.92 Å². The lowest BCUT2D eigenvalue weighted by atomic mass is 9.78. The summed E-state index contributed by atoms with van der Waals surface area (Å²) in [4.78, 5) is 0.193. The van der Waals surface area contributed by atoms with E-state index in [9.17, 15) is 8.42 Å². The molecule has 110 valence electrons. The molecule has 2 aromatic carbocycles. The molecule has 5 heteroatoms. The smallest absolute Gasteiger partial charge is 0.266 e. The Morgan fingerprint density at radius 2 is 1.90 bits per heavy atom. The molecule has 1 aliphatic rings. The fourth-order valence-corrected chi connectivity index (χ4v) is 3.70. The highest BCUT2D eigenvalue weighted by Crippen LogP contribution is 2.39. The molecule has 0 amide bonds. The summed E-state index contributed by atoms with van der Waals surface area (Å²) in [6.45, 7) is 2.07. The molecule has 0 fully saturated rings. The molecule has 3 rings (SSSR count). The van der Waals surface area contributed by atoms with Crippen LogP contribution in [0.5, 0.6) is 0 Å². The Balaban J connectivity index is 1.70.